The van der Waals surface area contributed by atoms with Crippen molar-refractivity contribution in [3.8, 4) is 23.7 Å². The average molecular weight is 258 g/mol. The zero-order chi connectivity index (χ0) is 14.2. The Kier molecular flexibility index (Phi) is 12.7. The molecule has 0 spiro atoms. The molecular formula is C17H22O2. The highest BCUT2D eigenvalue weighted by Gasteiger charge is 1.97. The first-order chi connectivity index (χ1) is 9.31. The Labute approximate surface area is 116 Å². The van der Waals surface area contributed by atoms with Gasteiger partial charge in [0, 0.05) is 19.3 Å². The number of unbranched alkanes of at least 4 members (excludes halogenated alkanes) is 3. The second-order valence-electron chi connectivity index (χ2n) is 3.86. The molecule has 0 bridgehead atoms. The number of carbonyl (C=O) groups excluding carboxylic acids is 1. The third kappa shape index (κ3) is 14.0. The van der Waals surface area contributed by atoms with Gasteiger partial charge >= 0.3 is 5.97 Å². The van der Waals surface area contributed by atoms with Crippen molar-refractivity contribution >= 4 is 5.97 Å². The van der Waals surface area contributed by atoms with Crippen molar-refractivity contribution in [2.45, 2.75) is 45.4 Å². The van der Waals surface area contributed by atoms with Gasteiger partial charge in [0.2, 0.25) is 0 Å². The van der Waals surface area contributed by atoms with Crippen LogP contribution in [0.4, 0.5) is 0 Å². The lowest BCUT2D eigenvalue weighted by Gasteiger charge is -1.95. The zero-order valence-corrected chi connectivity index (χ0v) is 11.9. The van der Waals surface area contributed by atoms with E-state index in [0.717, 1.165) is 32.1 Å². The van der Waals surface area contributed by atoms with Gasteiger partial charge in [0.25, 0.3) is 0 Å². The molecule has 0 unspecified atom stereocenters. The van der Waals surface area contributed by atoms with Crippen LogP contribution in [-0.2, 0) is 9.53 Å². The number of ether oxygens (including phenoxy) is 1. The molecule has 0 aliphatic rings. The van der Waals surface area contributed by atoms with Crippen LogP contribution in [0.15, 0.2) is 24.3 Å². The van der Waals surface area contributed by atoms with Crippen LogP contribution in [0, 0.1) is 23.7 Å². The van der Waals surface area contributed by atoms with Crippen LogP contribution >= 0.6 is 0 Å². The summed E-state index contributed by atoms with van der Waals surface area (Å²) in [4.78, 5) is 10.8. The van der Waals surface area contributed by atoms with Gasteiger partial charge in [0.15, 0.2) is 0 Å². The molecule has 19 heavy (non-hydrogen) atoms. The van der Waals surface area contributed by atoms with Crippen molar-refractivity contribution in [3.63, 3.8) is 0 Å². The molecule has 2 nitrogen and oxygen atoms in total. The minimum absolute atomic E-state index is 0.147. The summed E-state index contributed by atoms with van der Waals surface area (Å²) in [5, 5.41) is 0. The largest absolute Gasteiger partial charge is 0.469 e. The molecule has 0 saturated carbocycles. The van der Waals surface area contributed by atoms with Gasteiger partial charge in [-0.25, -0.2) is 0 Å². The highest BCUT2D eigenvalue weighted by molar-refractivity contribution is 5.68. The van der Waals surface area contributed by atoms with E-state index in [1.165, 1.54) is 7.11 Å². The topological polar surface area (TPSA) is 26.3 Å². The number of hydrogen-bond acceptors (Lipinski definition) is 2. The monoisotopic (exact) mass is 258 g/mol. The smallest absolute Gasteiger partial charge is 0.305 e. The van der Waals surface area contributed by atoms with E-state index >= 15 is 0 Å². The first kappa shape index (κ1) is 17.1. The zero-order valence-electron chi connectivity index (χ0n) is 11.9. The summed E-state index contributed by atoms with van der Waals surface area (Å²) in [7, 11) is 1.41. The van der Waals surface area contributed by atoms with Crippen LogP contribution in [0.1, 0.15) is 45.4 Å². The summed E-state index contributed by atoms with van der Waals surface area (Å²) < 4.78 is 4.56. The molecule has 0 amide bonds. The van der Waals surface area contributed by atoms with E-state index in [4.69, 9.17) is 0 Å². The number of esters is 1. The summed E-state index contributed by atoms with van der Waals surface area (Å²) in [5.74, 6) is 11.7. The number of allylic oxidation sites excluding steroid dienone is 4. The van der Waals surface area contributed by atoms with E-state index in [0.29, 0.717) is 6.42 Å². The van der Waals surface area contributed by atoms with Crippen molar-refractivity contribution in [2.75, 3.05) is 7.11 Å². The third-order valence-corrected chi connectivity index (χ3v) is 2.30. The quantitative estimate of drug-likeness (QED) is 0.301. The van der Waals surface area contributed by atoms with Crippen molar-refractivity contribution < 1.29 is 9.53 Å². The Morgan fingerprint density at radius 1 is 1.16 bits per heavy atom. The van der Waals surface area contributed by atoms with Crippen LogP contribution < -0.4 is 0 Å². The van der Waals surface area contributed by atoms with Crippen molar-refractivity contribution in [2.24, 2.45) is 0 Å². The third-order valence-electron chi connectivity index (χ3n) is 2.30. The fourth-order valence-electron chi connectivity index (χ4n) is 1.27. The standard InChI is InChI=1S/C17H22O2/c1-3-4-5-6-7-8-9-10-11-12-13-14-15-16-17(18)19-2/h7-10H,5-6,13-16H2,1-2H3. The lowest BCUT2D eigenvalue weighted by atomic mass is 10.2. The van der Waals surface area contributed by atoms with Gasteiger partial charge in [-0.3, -0.25) is 4.79 Å². The maximum absolute atomic E-state index is 10.8. The summed E-state index contributed by atoms with van der Waals surface area (Å²) >= 11 is 0. The molecule has 0 aromatic carbocycles. The van der Waals surface area contributed by atoms with Crippen LogP contribution in [-0.4, -0.2) is 13.1 Å². The Balaban J connectivity index is 3.52. The van der Waals surface area contributed by atoms with Gasteiger partial charge in [0.05, 0.1) is 7.11 Å². The highest BCUT2D eigenvalue weighted by Crippen LogP contribution is 1.99. The van der Waals surface area contributed by atoms with Crippen LogP contribution in [0.5, 0.6) is 0 Å². The fraction of sp³-hybridized carbons (Fsp3) is 0.471. The molecule has 0 N–H and O–H groups in total. The Morgan fingerprint density at radius 3 is 2.74 bits per heavy atom. The molecule has 0 aliphatic heterocycles. The van der Waals surface area contributed by atoms with Crippen molar-refractivity contribution in [3.05, 3.63) is 24.3 Å². The van der Waals surface area contributed by atoms with Gasteiger partial charge in [-0.2, -0.15) is 0 Å². The second kappa shape index (κ2) is 14.1. The molecule has 0 aliphatic carbocycles. The van der Waals surface area contributed by atoms with E-state index < -0.39 is 0 Å². The number of methoxy groups -OCH3 is 1. The Hall–Kier alpha value is -1.93. The summed E-state index contributed by atoms with van der Waals surface area (Å²) in [6.45, 7) is 1.85. The van der Waals surface area contributed by atoms with E-state index in [-0.39, 0.29) is 5.97 Å². The molecule has 0 rings (SSSR count). The van der Waals surface area contributed by atoms with Gasteiger partial charge in [-0.1, -0.05) is 30.1 Å². The molecular weight excluding hydrogens is 236 g/mol. The predicted octanol–water partition coefficient (Wildman–Crippen LogP) is 3.64. The first-order valence-corrected chi connectivity index (χ1v) is 6.57. The Morgan fingerprint density at radius 2 is 2.00 bits per heavy atom. The lowest BCUT2D eigenvalue weighted by Crippen LogP contribution is -1.98. The van der Waals surface area contributed by atoms with E-state index in [1.807, 2.05) is 25.2 Å². The molecule has 0 aromatic rings. The number of hydrogen-bond donors (Lipinski definition) is 0. The van der Waals surface area contributed by atoms with Crippen molar-refractivity contribution in [1.29, 1.82) is 0 Å². The van der Waals surface area contributed by atoms with E-state index in [9.17, 15) is 4.79 Å². The molecule has 0 atom stereocenters. The molecule has 0 heterocycles. The lowest BCUT2D eigenvalue weighted by molar-refractivity contribution is -0.140. The first-order valence-electron chi connectivity index (χ1n) is 6.57. The normalized spacial score (nSPS) is 9.79. The maximum Gasteiger partial charge on any atom is 0.305 e. The van der Waals surface area contributed by atoms with Crippen LogP contribution in [0.25, 0.3) is 0 Å². The number of carbonyl (C=O) groups is 1. The van der Waals surface area contributed by atoms with Gasteiger partial charge < -0.3 is 4.74 Å². The molecule has 0 radical (unpaired) electrons. The number of rotatable bonds is 7. The summed E-state index contributed by atoms with van der Waals surface area (Å²) in [6, 6.07) is 0. The molecule has 102 valence electrons. The minimum Gasteiger partial charge on any atom is -0.469 e. The van der Waals surface area contributed by atoms with Crippen molar-refractivity contribution in [1.82, 2.24) is 0 Å². The Bertz CT molecular complexity index is 408. The maximum atomic E-state index is 10.8. The van der Waals surface area contributed by atoms with E-state index in [1.54, 1.807) is 0 Å². The summed E-state index contributed by atoms with van der Waals surface area (Å²) in [5.41, 5.74) is 0. The van der Waals surface area contributed by atoms with Gasteiger partial charge in [-0.15, -0.1) is 11.8 Å². The second-order valence-corrected chi connectivity index (χ2v) is 3.86. The molecule has 0 aromatic heterocycles. The molecule has 2 heteroatoms. The predicted molar refractivity (Wildman–Crippen MR) is 79.2 cm³/mol. The van der Waals surface area contributed by atoms with Gasteiger partial charge in [0.1, 0.15) is 0 Å². The van der Waals surface area contributed by atoms with Crippen LogP contribution in [0.3, 0.4) is 0 Å². The average Bonchev–Trinajstić information content (AvgIpc) is 2.43. The van der Waals surface area contributed by atoms with E-state index in [2.05, 4.69) is 34.5 Å². The fourth-order valence-corrected chi connectivity index (χ4v) is 1.27. The molecule has 0 saturated heterocycles. The molecule has 0 fully saturated rings. The summed E-state index contributed by atoms with van der Waals surface area (Å²) in [6.07, 6.45) is 12.8. The minimum atomic E-state index is -0.147. The van der Waals surface area contributed by atoms with Crippen LogP contribution in [0.2, 0.25) is 0 Å². The SMILES string of the molecule is CC#CCCC=CC=CC#CCCCCC(=O)OC. The van der Waals surface area contributed by atoms with Gasteiger partial charge in [-0.05, 0) is 32.3 Å². The highest BCUT2D eigenvalue weighted by atomic mass is 16.5.